The van der Waals surface area contributed by atoms with Crippen LogP contribution in [0.25, 0.3) is 0 Å². The molecule has 1 N–H and O–H groups in total. The van der Waals surface area contributed by atoms with Gasteiger partial charge in [-0.25, -0.2) is 0 Å². The van der Waals surface area contributed by atoms with E-state index in [1.54, 1.807) is 17.0 Å². The van der Waals surface area contributed by atoms with E-state index in [0.29, 0.717) is 25.9 Å². The van der Waals surface area contributed by atoms with E-state index >= 15 is 0 Å². The number of piperidine rings is 1. The Labute approximate surface area is 153 Å². The molecule has 0 aromatic heterocycles. The second-order valence-corrected chi connectivity index (χ2v) is 6.92. The highest BCUT2D eigenvalue weighted by atomic mass is 16.6. The molecule has 142 valence electrons. The molecule has 0 saturated carbocycles. The lowest BCUT2D eigenvalue weighted by Gasteiger charge is -2.33. The molecule has 1 saturated heterocycles. The van der Waals surface area contributed by atoms with Crippen molar-refractivity contribution in [2.24, 2.45) is 5.92 Å². The van der Waals surface area contributed by atoms with Gasteiger partial charge < -0.3 is 10.2 Å². The first-order valence-corrected chi connectivity index (χ1v) is 8.82. The number of amides is 2. The molecule has 0 aliphatic carbocycles. The number of nitrogens with zero attached hydrogens (tertiary/aromatic N) is 3. The second kappa shape index (κ2) is 8.75. The zero-order valence-electron chi connectivity index (χ0n) is 15.5. The number of para-hydroxylation sites is 2. The van der Waals surface area contributed by atoms with E-state index in [0.717, 1.165) is 0 Å². The number of rotatable bonds is 6. The fourth-order valence-corrected chi connectivity index (χ4v) is 3.01. The molecule has 0 unspecified atom stereocenters. The summed E-state index contributed by atoms with van der Waals surface area (Å²) >= 11 is 0. The van der Waals surface area contributed by atoms with Gasteiger partial charge in [0.25, 0.3) is 5.69 Å². The summed E-state index contributed by atoms with van der Waals surface area (Å²) in [6.45, 7) is 5.45. The van der Waals surface area contributed by atoms with Crippen LogP contribution in [-0.2, 0) is 9.59 Å². The lowest BCUT2D eigenvalue weighted by Crippen LogP contribution is -2.45. The molecule has 1 aromatic rings. The number of likely N-dealkylation sites (tertiary alicyclic amines) is 1. The summed E-state index contributed by atoms with van der Waals surface area (Å²) in [4.78, 5) is 38.8. The van der Waals surface area contributed by atoms with Crippen LogP contribution in [0.2, 0.25) is 0 Å². The summed E-state index contributed by atoms with van der Waals surface area (Å²) in [7, 11) is 1.82. The largest absolute Gasteiger partial charge is 0.343 e. The zero-order chi connectivity index (χ0) is 19.3. The smallest absolute Gasteiger partial charge is 0.292 e. The lowest BCUT2D eigenvalue weighted by atomic mass is 9.95. The number of nitro groups is 1. The van der Waals surface area contributed by atoms with Crippen molar-refractivity contribution >= 4 is 23.2 Å². The van der Waals surface area contributed by atoms with Gasteiger partial charge in [-0.05, 0) is 45.8 Å². The van der Waals surface area contributed by atoms with Crippen LogP contribution < -0.4 is 5.32 Å². The summed E-state index contributed by atoms with van der Waals surface area (Å²) in [6.07, 6.45) is 1.43. The number of benzene rings is 1. The summed E-state index contributed by atoms with van der Waals surface area (Å²) in [6, 6.07) is 6.25. The molecular weight excluding hydrogens is 336 g/mol. The maximum absolute atomic E-state index is 12.4. The molecule has 1 aromatic carbocycles. The number of carbonyl (C=O) groups is 2. The third-order valence-corrected chi connectivity index (χ3v) is 4.80. The van der Waals surface area contributed by atoms with Gasteiger partial charge >= 0.3 is 0 Å². The van der Waals surface area contributed by atoms with Gasteiger partial charge in [0, 0.05) is 25.1 Å². The Morgan fingerprint density at radius 3 is 2.50 bits per heavy atom. The van der Waals surface area contributed by atoms with Gasteiger partial charge in [-0.2, -0.15) is 0 Å². The third-order valence-electron chi connectivity index (χ3n) is 4.80. The van der Waals surface area contributed by atoms with E-state index in [1.165, 1.54) is 12.1 Å². The molecule has 1 aliphatic heterocycles. The van der Waals surface area contributed by atoms with Gasteiger partial charge in [-0.15, -0.1) is 0 Å². The fourth-order valence-electron chi connectivity index (χ4n) is 3.01. The van der Waals surface area contributed by atoms with E-state index in [4.69, 9.17) is 0 Å². The van der Waals surface area contributed by atoms with Crippen molar-refractivity contribution in [3.8, 4) is 0 Å². The predicted molar refractivity (Wildman–Crippen MR) is 98.8 cm³/mol. The van der Waals surface area contributed by atoms with Gasteiger partial charge in [0.05, 0.1) is 11.5 Å². The average molecular weight is 362 g/mol. The minimum atomic E-state index is -0.516. The van der Waals surface area contributed by atoms with Crippen LogP contribution in [0.5, 0.6) is 0 Å². The first kappa shape index (κ1) is 19.8. The Balaban J connectivity index is 1.85. The second-order valence-electron chi connectivity index (χ2n) is 6.92. The number of hydrogen-bond donors (Lipinski definition) is 1. The average Bonchev–Trinajstić information content (AvgIpc) is 2.61. The fraction of sp³-hybridized carbons (Fsp3) is 0.556. The maximum Gasteiger partial charge on any atom is 0.292 e. The standard InChI is InChI=1S/C18H26N4O4/c1-13(2)20(3)18(24)14-8-10-21(11-9-14)12-17(23)19-15-6-4-5-7-16(15)22(25)26/h4-7,13-14H,8-12H2,1-3H3,(H,19,23). The van der Waals surface area contributed by atoms with Crippen LogP contribution in [0.3, 0.4) is 0 Å². The van der Waals surface area contributed by atoms with Gasteiger partial charge in [0.2, 0.25) is 11.8 Å². The van der Waals surface area contributed by atoms with Gasteiger partial charge in [-0.3, -0.25) is 24.6 Å². The van der Waals surface area contributed by atoms with E-state index in [9.17, 15) is 19.7 Å². The summed E-state index contributed by atoms with van der Waals surface area (Å²) in [5.41, 5.74) is 0.0769. The first-order chi connectivity index (χ1) is 12.3. The normalized spacial score (nSPS) is 15.7. The molecule has 8 heteroatoms. The van der Waals surface area contributed by atoms with E-state index in [-0.39, 0.29) is 41.7 Å². The van der Waals surface area contributed by atoms with Gasteiger partial charge in [-0.1, -0.05) is 12.1 Å². The highest BCUT2D eigenvalue weighted by molar-refractivity contribution is 5.94. The van der Waals surface area contributed by atoms with Crippen LogP contribution in [0.15, 0.2) is 24.3 Å². The minimum absolute atomic E-state index is 0.00285. The Hall–Kier alpha value is -2.48. The molecule has 0 radical (unpaired) electrons. The van der Waals surface area contributed by atoms with Crippen molar-refractivity contribution in [1.29, 1.82) is 0 Å². The molecule has 2 amide bonds. The SMILES string of the molecule is CC(C)N(C)C(=O)C1CCN(CC(=O)Nc2ccccc2[N+](=O)[O-])CC1. The maximum atomic E-state index is 12.4. The Bertz CT molecular complexity index is 669. The van der Waals surface area contributed by atoms with Crippen LogP contribution >= 0.6 is 0 Å². The molecule has 2 rings (SSSR count). The van der Waals surface area contributed by atoms with Crippen molar-refractivity contribution < 1.29 is 14.5 Å². The van der Waals surface area contributed by atoms with Crippen molar-refractivity contribution in [2.45, 2.75) is 32.7 Å². The lowest BCUT2D eigenvalue weighted by molar-refractivity contribution is -0.383. The molecule has 0 atom stereocenters. The highest BCUT2D eigenvalue weighted by Gasteiger charge is 2.28. The molecule has 1 fully saturated rings. The van der Waals surface area contributed by atoms with E-state index in [1.807, 2.05) is 25.8 Å². The monoisotopic (exact) mass is 362 g/mol. The summed E-state index contributed by atoms with van der Waals surface area (Å²) in [5.74, 6) is -0.135. The molecule has 1 aliphatic rings. The van der Waals surface area contributed by atoms with Gasteiger partial charge in [0.15, 0.2) is 0 Å². The van der Waals surface area contributed by atoms with E-state index < -0.39 is 4.92 Å². The number of nitro benzene ring substituents is 1. The predicted octanol–water partition coefficient (Wildman–Crippen LogP) is 2.11. The van der Waals surface area contributed by atoms with Crippen molar-refractivity contribution in [1.82, 2.24) is 9.80 Å². The number of anilines is 1. The first-order valence-electron chi connectivity index (χ1n) is 8.82. The van der Waals surface area contributed by atoms with Crippen LogP contribution in [0.4, 0.5) is 11.4 Å². The number of hydrogen-bond acceptors (Lipinski definition) is 5. The summed E-state index contributed by atoms with van der Waals surface area (Å²) in [5, 5.41) is 13.6. The molecular formula is C18H26N4O4. The van der Waals surface area contributed by atoms with Crippen LogP contribution in [-0.4, -0.2) is 59.3 Å². The number of nitrogens with one attached hydrogen (secondary N) is 1. The summed E-state index contributed by atoms with van der Waals surface area (Å²) < 4.78 is 0. The topological polar surface area (TPSA) is 95.8 Å². The molecule has 1 heterocycles. The Morgan fingerprint density at radius 2 is 1.92 bits per heavy atom. The third kappa shape index (κ3) is 5.01. The van der Waals surface area contributed by atoms with Crippen molar-refractivity contribution in [3.05, 3.63) is 34.4 Å². The quantitative estimate of drug-likeness (QED) is 0.618. The van der Waals surface area contributed by atoms with Crippen molar-refractivity contribution in [2.75, 3.05) is 32.0 Å². The molecule has 26 heavy (non-hydrogen) atoms. The Kier molecular flexibility index (Phi) is 6.68. The van der Waals surface area contributed by atoms with Crippen LogP contribution in [0, 0.1) is 16.0 Å². The van der Waals surface area contributed by atoms with Gasteiger partial charge in [0.1, 0.15) is 5.69 Å². The number of carbonyl (C=O) groups excluding carboxylic acids is 2. The minimum Gasteiger partial charge on any atom is -0.343 e. The van der Waals surface area contributed by atoms with Crippen molar-refractivity contribution in [3.63, 3.8) is 0 Å². The molecule has 0 spiro atoms. The zero-order valence-corrected chi connectivity index (χ0v) is 15.5. The molecule has 8 nitrogen and oxygen atoms in total. The molecule has 0 bridgehead atoms. The van der Waals surface area contributed by atoms with Crippen LogP contribution in [0.1, 0.15) is 26.7 Å². The van der Waals surface area contributed by atoms with E-state index in [2.05, 4.69) is 5.32 Å². The Morgan fingerprint density at radius 1 is 1.31 bits per heavy atom. The highest BCUT2D eigenvalue weighted by Crippen LogP contribution is 2.24.